The summed E-state index contributed by atoms with van der Waals surface area (Å²) >= 11 is 4.08. The molecule has 0 aliphatic rings. The van der Waals surface area contributed by atoms with Crippen LogP contribution in [0, 0.1) is 0 Å². The van der Waals surface area contributed by atoms with E-state index in [2.05, 4.69) is 31.9 Å². The van der Waals surface area contributed by atoms with E-state index in [9.17, 15) is 0 Å². The van der Waals surface area contributed by atoms with Gasteiger partial charge in [-0.15, -0.1) is 0 Å². The van der Waals surface area contributed by atoms with Gasteiger partial charge < -0.3 is 5.11 Å². The first-order valence-corrected chi connectivity index (χ1v) is 9.36. The lowest BCUT2D eigenvalue weighted by molar-refractivity contribution is 0.272. The van der Waals surface area contributed by atoms with Crippen LogP contribution in [0.15, 0.2) is 0 Å². The SMILES string of the molecule is CCCCCC(CCCO)(CCSC)SCC. The van der Waals surface area contributed by atoms with Gasteiger partial charge in [-0.1, -0.05) is 33.1 Å². The molecule has 0 aliphatic heterocycles. The molecule has 17 heavy (non-hydrogen) atoms. The lowest BCUT2D eigenvalue weighted by Crippen LogP contribution is -2.27. The third-order valence-electron chi connectivity index (χ3n) is 3.24. The largest absolute Gasteiger partial charge is 0.396 e. The number of hydrogen-bond donors (Lipinski definition) is 1. The average molecular weight is 279 g/mol. The van der Waals surface area contributed by atoms with Crippen molar-refractivity contribution < 1.29 is 5.11 Å². The van der Waals surface area contributed by atoms with Crippen LogP contribution in [-0.4, -0.2) is 34.2 Å². The predicted octanol–water partition coefficient (Wildman–Crippen LogP) is 4.58. The first kappa shape index (κ1) is 17.7. The van der Waals surface area contributed by atoms with Crippen molar-refractivity contribution in [3.63, 3.8) is 0 Å². The highest BCUT2D eigenvalue weighted by Crippen LogP contribution is 2.39. The monoisotopic (exact) mass is 278 g/mol. The zero-order valence-corrected chi connectivity index (χ0v) is 13.5. The fraction of sp³-hybridized carbons (Fsp3) is 1.00. The Balaban J connectivity index is 4.32. The molecule has 0 amide bonds. The third-order valence-corrected chi connectivity index (χ3v) is 5.36. The van der Waals surface area contributed by atoms with Crippen LogP contribution in [0.25, 0.3) is 0 Å². The molecule has 0 radical (unpaired) electrons. The number of hydrogen-bond acceptors (Lipinski definition) is 3. The summed E-state index contributed by atoms with van der Waals surface area (Å²) in [5, 5.41) is 9.08. The standard InChI is InChI=1S/C14H30OS2/c1-4-6-7-9-14(17-5-2,10-8-12-15)11-13-16-3/h15H,4-13H2,1-3H3. The van der Waals surface area contributed by atoms with Gasteiger partial charge in [-0.25, -0.2) is 0 Å². The van der Waals surface area contributed by atoms with Crippen LogP contribution in [0.1, 0.15) is 58.8 Å². The lowest BCUT2D eigenvalue weighted by Gasteiger charge is -2.33. The second kappa shape index (κ2) is 11.7. The molecule has 0 heterocycles. The number of rotatable bonds is 12. The molecule has 0 saturated heterocycles. The Hall–Kier alpha value is 0.660. The Morgan fingerprint density at radius 3 is 2.24 bits per heavy atom. The molecule has 0 saturated carbocycles. The molecular weight excluding hydrogens is 248 g/mol. The molecule has 0 spiro atoms. The third kappa shape index (κ3) is 8.39. The molecule has 1 unspecified atom stereocenters. The molecule has 3 heteroatoms. The van der Waals surface area contributed by atoms with Crippen LogP contribution in [0.5, 0.6) is 0 Å². The van der Waals surface area contributed by atoms with Crippen LogP contribution in [0.4, 0.5) is 0 Å². The fourth-order valence-corrected chi connectivity index (χ4v) is 4.44. The quantitative estimate of drug-likeness (QED) is 0.528. The van der Waals surface area contributed by atoms with E-state index in [4.69, 9.17) is 5.11 Å². The second-order valence-electron chi connectivity index (χ2n) is 4.64. The summed E-state index contributed by atoms with van der Waals surface area (Å²) in [6.45, 7) is 4.88. The van der Waals surface area contributed by atoms with Crippen LogP contribution in [0.3, 0.4) is 0 Å². The molecule has 1 N–H and O–H groups in total. The van der Waals surface area contributed by atoms with Gasteiger partial charge in [0.05, 0.1) is 0 Å². The highest BCUT2D eigenvalue weighted by Gasteiger charge is 2.28. The van der Waals surface area contributed by atoms with Gasteiger partial charge in [0.1, 0.15) is 0 Å². The van der Waals surface area contributed by atoms with Crippen molar-refractivity contribution in [2.45, 2.75) is 63.5 Å². The minimum atomic E-state index is 0.346. The molecule has 1 atom stereocenters. The van der Waals surface area contributed by atoms with E-state index in [1.54, 1.807) is 0 Å². The number of unbranched alkanes of at least 4 members (excludes halogenated alkanes) is 2. The van der Waals surface area contributed by atoms with Gasteiger partial charge in [0, 0.05) is 11.4 Å². The second-order valence-corrected chi connectivity index (χ2v) is 7.36. The molecule has 0 aromatic heterocycles. The van der Waals surface area contributed by atoms with Gasteiger partial charge in [0.15, 0.2) is 0 Å². The maximum absolute atomic E-state index is 9.08. The van der Waals surface area contributed by atoms with Crippen molar-refractivity contribution in [3.8, 4) is 0 Å². The van der Waals surface area contributed by atoms with E-state index >= 15 is 0 Å². The number of aliphatic hydroxyl groups excluding tert-OH is 1. The zero-order valence-electron chi connectivity index (χ0n) is 11.8. The van der Waals surface area contributed by atoms with Gasteiger partial charge in [-0.3, -0.25) is 0 Å². The summed E-state index contributed by atoms with van der Waals surface area (Å²) in [4.78, 5) is 0. The van der Waals surface area contributed by atoms with Gasteiger partial charge in [0.25, 0.3) is 0 Å². The zero-order chi connectivity index (χ0) is 13.0. The van der Waals surface area contributed by atoms with E-state index in [1.165, 1.54) is 50.0 Å². The molecule has 0 aromatic rings. The van der Waals surface area contributed by atoms with E-state index in [0.717, 1.165) is 6.42 Å². The summed E-state index contributed by atoms with van der Waals surface area (Å²) < 4.78 is 0.440. The molecule has 0 aromatic carbocycles. The van der Waals surface area contributed by atoms with Crippen LogP contribution in [-0.2, 0) is 0 Å². The summed E-state index contributed by atoms with van der Waals surface area (Å²) in [7, 11) is 0. The van der Waals surface area contributed by atoms with Crippen molar-refractivity contribution in [1.82, 2.24) is 0 Å². The van der Waals surface area contributed by atoms with Crippen LogP contribution >= 0.6 is 23.5 Å². The van der Waals surface area contributed by atoms with Gasteiger partial charge >= 0.3 is 0 Å². The van der Waals surface area contributed by atoms with E-state index in [0.29, 0.717) is 11.4 Å². The summed E-state index contributed by atoms with van der Waals surface area (Å²) in [6.07, 6.45) is 11.0. The molecule has 0 fully saturated rings. The maximum atomic E-state index is 9.08. The fourth-order valence-electron chi connectivity index (χ4n) is 2.28. The first-order valence-electron chi connectivity index (χ1n) is 6.98. The van der Waals surface area contributed by atoms with Crippen molar-refractivity contribution in [3.05, 3.63) is 0 Å². The van der Waals surface area contributed by atoms with Crippen LogP contribution < -0.4 is 0 Å². The number of thioether (sulfide) groups is 2. The Bertz CT molecular complexity index is 154. The van der Waals surface area contributed by atoms with Gasteiger partial charge in [-0.05, 0) is 43.4 Å². The van der Waals surface area contributed by atoms with Gasteiger partial charge in [0.2, 0.25) is 0 Å². The Morgan fingerprint density at radius 2 is 1.71 bits per heavy atom. The smallest absolute Gasteiger partial charge is 0.0431 e. The number of aliphatic hydroxyl groups is 1. The summed E-state index contributed by atoms with van der Waals surface area (Å²) in [6, 6.07) is 0. The van der Waals surface area contributed by atoms with E-state index < -0.39 is 0 Å². The highest BCUT2D eigenvalue weighted by molar-refractivity contribution is 8.00. The van der Waals surface area contributed by atoms with Gasteiger partial charge in [-0.2, -0.15) is 23.5 Å². The highest BCUT2D eigenvalue weighted by atomic mass is 32.2. The van der Waals surface area contributed by atoms with Crippen molar-refractivity contribution in [1.29, 1.82) is 0 Å². The first-order chi connectivity index (χ1) is 8.24. The summed E-state index contributed by atoms with van der Waals surface area (Å²) in [5.41, 5.74) is 0. The Kier molecular flexibility index (Phi) is 12.2. The van der Waals surface area contributed by atoms with E-state index in [1.807, 2.05) is 11.8 Å². The molecule has 0 rings (SSSR count). The van der Waals surface area contributed by atoms with Crippen molar-refractivity contribution in [2.75, 3.05) is 24.4 Å². The molecular formula is C14H30OS2. The Morgan fingerprint density at radius 1 is 1.00 bits per heavy atom. The van der Waals surface area contributed by atoms with Crippen LogP contribution in [0.2, 0.25) is 0 Å². The molecule has 0 bridgehead atoms. The molecule has 104 valence electrons. The Labute approximate surface area is 117 Å². The van der Waals surface area contributed by atoms with E-state index in [-0.39, 0.29) is 0 Å². The summed E-state index contributed by atoms with van der Waals surface area (Å²) in [5.74, 6) is 2.45. The molecule has 1 nitrogen and oxygen atoms in total. The van der Waals surface area contributed by atoms with Crippen molar-refractivity contribution >= 4 is 23.5 Å². The molecule has 0 aliphatic carbocycles. The average Bonchev–Trinajstić information content (AvgIpc) is 2.34. The van der Waals surface area contributed by atoms with Crippen molar-refractivity contribution in [2.24, 2.45) is 0 Å². The predicted molar refractivity (Wildman–Crippen MR) is 84.3 cm³/mol. The maximum Gasteiger partial charge on any atom is 0.0431 e. The topological polar surface area (TPSA) is 20.2 Å². The minimum Gasteiger partial charge on any atom is -0.396 e. The lowest BCUT2D eigenvalue weighted by atomic mass is 9.92. The minimum absolute atomic E-state index is 0.346. The normalized spacial score (nSPS) is 14.8.